The van der Waals surface area contributed by atoms with Crippen molar-refractivity contribution >= 4 is 22.7 Å². The van der Waals surface area contributed by atoms with E-state index in [0.29, 0.717) is 34.1 Å². The summed E-state index contributed by atoms with van der Waals surface area (Å²) in [5.41, 5.74) is 7.16. The van der Waals surface area contributed by atoms with E-state index in [-0.39, 0.29) is 24.3 Å². The van der Waals surface area contributed by atoms with Gasteiger partial charge in [-0.15, -0.1) is 0 Å². The van der Waals surface area contributed by atoms with Crippen LogP contribution in [0.3, 0.4) is 0 Å². The van der Waals surface area contributed by atoms with Crippen LogP contribution in [0, 0.1) is 11.6 Å². The van der Waals surface area contributed by atoms with Gasteiger partial charge in [-0.1, -0.05) is 12.1 Å². The number of hydrogen-bond donors (Lipinski definition) is 0. The third-order valence-electron chi connectivity index (χ3n) is 7.83. The van der Waals surface area contributed by atoms with Crippen LogP contribution in [0.2, 0.25) is 0 Å². The molecule has 5 rings (SSSR count). The van der Waals surface area contributed by atoms with E-state index in [1.165, 1.54) is 38.5 Å². The molecule has 0 aliphatic carbocycles. The molecule has 0 atom stereocenters. The molecule has 0 fully saturated rings. The van der Waals surface area contributed by atoms with Crippen molar-refractivity contribution in [3.8, 4) is 45.3 Å². The minimum atomic E-state index is -0.423. The van der Waals surface area contributed by atoms with Crippen LogP contribution in [-0.4, -0.2) is 38.5 Å². The van der Waals surface area contributed by atoms with Crippen LogP contribution in [0.25, 0.3) is 22.3 Å². The maximum Gasteiger partial charge on any atom is 0.134 e. The number of nitrogens with zero attached hydrogens (tertiary/aromatic N) is 2. The Labute approximate surface area is 271 Å². The Morgan fingerprint density at radius 2 is 0.826 bits per heavy atom. The Morgan fingerprint density at radius 3 is 1.13 bits per heavy atom. The van der Waals surface area contributed by atoms with Crippen LogP contribution in [0.15, 0.2) is 60.7 Å². The smallest absolute Gasteiger partial charge is 0.134 e. The molecule has 4 aromatic rings. The minimum absolute atomic E-state index is 0.0922. The highest BCUT2D eigenvalue weighted by Gasteiger charge is 2.33. The monoisotopic (exact) mass is 630 g/mol. The van der Waals surface area contributed by atoms with Gasteiger partial charge in [0.2, 0.25) is 0 Å². The van der Waals surface area contributed by atoms with Gasteiger partial charge in [0.25, 0.3) is 0 Å². The quantitative estimate of drug-likeness (QED) is 0.174. The fourth-order valence-electron chi connectivity index (χ4n) is 6.22. The van der Waals surface area contributed by atoms with Crippen molar-refractivity contribution in [2.24, 2.45) is 0 Å². The molecule has 0 radical (unpaired) electrons. The number of ether oxygens (including phenoxy) is 4. The molecule has 244 valence electrons. The molecule has 1 aliphatic rings. The van der Waals surface area contributed by atoms with Crippen molar-refractivity contribution < 1.29 is 27.7 Å². The van der Waals surface area contributed by atoms with Crippen LogP contribution in [0.5, 0.6) is 23.0 Å². The molecule has 1 heterocycles. The molecule has 1 aliphatic heterocycles. The van der Waals surface area contributed by atoms with Crippen molar-refractivity contribution in [2.45, 2.75) is 79.7 Å². The summed E-state index contributed by atoms with van der Waals surface area (Å²) in [6.07, 6.45) is -0.308. The number of anilines is 4. The molecule has 0 aromatic heterocycles. The lowest BCUT2D eigenvalue weighted by Gasteiger charge is -2.44. The fraction of sp³-hybridized carbons (Fsp3) is 0.368. The Kier molecular flexibility index (Phi) is 9.38. The number of benzene rings is 4. The summed E-state index contributed by atoms with van der Waals surface area (Å²) in [5, 5.41) is 0. The van der Waals surface area contributed by atoms with Crippen molar-refractivity contribution in [3.63, 3.8) is 0 Å². The molecule has 4 aromatic carbocycles. The summed E-state index contributed by atoms with van der Waals surface area (Å²) >= 11 is 0. The molecule has 0 spiro atoms. The standard InChI is InChI=1S/C38H44F2N2O4/c1-21(2)41-29-13-11-26(38-34(44-10)18-28(40)20-36(38)46-24(7)8)16-32(29)42(22(3)4)30-14-12-25(15-31(30)41)37-33(43-9)17-27(39)19-35(37)45-23(5)6/h11-24H,1-10H3. The third-order valence-corrected chi connectivity index (χ3v) is 7.83. The number of halogens is 2. The predicted octanol–water partition coefficient (Wildman–Crippen LogP) is 10.3. The van der Waals surface area contributed by atoms with Gasteiger partial charge in [0.1, 0.15) is 34.6 Å². The molecule has 0 saturated heterocycles. The van der Waals surface area contributed by atoms with Crippen molar-refractivity contribution in [1.29, 1.82) is 0 Å². The maximum atomic E-state index is 14.6. The molecule has 46 heavy (non-hydrogen) atoms. The highest BCUT2D eigenvalue weighted by Crippen LogP contribution is 2.54. The van der Waals surface area contributed by atoms with Crippen LogP contribution in [-0.2, 0) is 0 Å². The summed E-state index contributed by atoms with van der Waals surface area (Å²) in [5.74, 6) is 0.818. The van der Waals surface area contributed by atoms with Gasteiger partial charge in [-0.2, -0.15) is 0 Å². The van der Waals surface area contributed by atoms with Crippen LogP contribution in [0.4, 0.5) is 31.5 Å². The average molecular weight is 631 g/mol. The van der Waals surface area contributed by atoms with Gasteiger partial charge in [-0.05, 0) is 90.8 Å². The van der Waals surface area contributed by atoms with Crippen molar-refractivity contribution in [1.82, 2.24) is 0 Å². The van der Waals surface area contributed by atoms with Gasteiger partial charge in [0, 0.05) is 36.3 Å². The second-order valence-corrected chi connectivity index (χ2v) is 12.6. The van der Waals surface area contributed by atoms with E-state index in [0.717, 1.165) is 33.9 Å². The van der Waals surface area contributed by atoms with Crippen LogP contribution >= 0.6 is 0 Å². The topological polar surface area (TPSA) is 43.4 Å². The molecule has 8 heteroatoms. The van der Waals surface area contributed by atoms with Gasteiger partial charge in [-0.25, -0.2) is 8.78 Å². The van der Waals surface area contributed by atoms with Gasteiger partial charge in [0.05, 0.1) is 60.3 Å². The summed E-state index contributed by atoms with van der Waals surface area (Å²) in [6, 6.07) is 18.3. The number of hydrogen-bond acceptors (Lipinski definition) is 6. The van der Waals surface area contributed by atoms with Gasteiger partial charge < -0.3 is 28.7 Å². The maximum absolute atomic E-state index is 14.6. The normalized spacial score (nSPS) is 12.6. The lowest BCUT2D eigenvalue weighted by Crippen LogP contribution is -2.36. The Morgan fingerprint density at radius 1 is 0.478 bits per heavy atom. The van der Waals surface area contributed by atoms with E-state index in [1.54, 1.807) is 0 Å². The number of fused-ring (bicyclic) bond motifs is 2. The molecular weight excluding hydrogens is 586 g/mol. The molecule has 0 N–H and O–H groups in total. The van der Waals surface area contributed by atoms with E-state index in [9.17, 15) is 8.78 Å². The first kappa shape index (κ1) is 32.9. The highest BCUT2D eigenvalue weighted by molar-refractivity contribution is 5.98. The lowest BCUT2D eigenvalue weighted by molar-refractivity contribution is 0.241. The third kappa shape index (κ3) is 6.17. The SMILES string of the molecule is COc1cc(F)cc(OC(C)C)c1-c1ccc2c(c1)N(C(C)C)c1ccc(-c3c(OC)cc(F)cc3OC(C)C)cc1N2C(C)C. The van der Waals surface area contributed by atoms with Gasteiger partial charge in [-0.3, -0.25) is 0 Å². The lowest BCUT2D eigenvalue weighted by atomic mass is 9.95. The first-order valence-electron chi connectivity index (χ1n) is 15.8. The zero-order valence-corrected chi connectivity index (χ0v) is 28.4. The largest absolute Gasteiger partial charge is 0.496 e. The number of rotatable bonds is 10. The predicted molar refractivity (Wildman–Crippen MR) is 183 cm³/mol. The molecular formula is C38H44F2N2O4. The Bertz CT molecular complexity index is 1610. The van der Waals surface area contributed by atoms with Crippen molar-refractivity contribution in [2.75, 3.05) is 24.0 Å². The minimum Gasteiger partial charge on any atom is -0.496 e. The molecule has 0 unspecified atom stereocenters. The summed E-state index contributed by atoms with van der Waals surface area (Å²) < 4.78 is 52.7. The molecule has 6 nitrogen and oxygen atoms in total. The van der Waals surface area contributed by atoms with Crippen LogP contribution in [0.1, 0.15) is 55.4 Å². The summed E-state index contributed by atoms with van der Waals surface area (Å²) in [7, 11) is 3.08. The van der Waals surface area contributed by atoms with E-state index < -0.39 is 11.6 Å². The first-order valence-corrected chi connectivity index (χ1v) is 15.8. The zero-order chi connectivity index (χ0) is 33.4. The van der Waals surface area contributed by atoms with Gasteiger partial charge in [0.15, 0.2) is 0 Å². The first-order chi connectivity index (χ1) is 21.8. The average Bonchev–Trinajstić information content (AvgIpc) is 2.97. The molecule has 0 amide bonds. The van der Waals surface area contributed by atoms with E-state index >= 15 is 0 Å². The fourth-order valence-corrected chi connectivity index (χ4v) is 6.22. The summed E-state index contributed by atoms with van der Waals surface area (Å²) in [6.45, 7) is 16.3. The Balaban J connectivity index is 1.73. The Hall–Kier alpha value is -4.46. The second-order valence-electron chi connectivity index (χ2n) is 12.6. The van der Waals surface area contributed by atoms with Gasteiger partial charge >= 0.3 is 0 Å². The highest BCUT2D eigenvalue weighted by atomic mass is 19.1. The van der Waals surface area contributed by atoms with E-state index in [1.807, 2.05) is 39.8 Å². The van der Waals surface area contributed by atoms with Crippen molar-refractivity contribution in [3.05, 3.63) is 72.3 Å². The number of methoxy groups -OCH3 is 2. The molecule has 0 bridgehead atoms. The summed E-state index contributed by atoms with van der Waals surface area (Å²) in [4.78, 5) is 4.62. The van der Waals surface area contributed by atoms with E-state index in [2.05, 4.69) is 61.8 Å². The molecule has 0 saturated carbocycles. The van der Waals surface area contributed by atoms with E-state index in [4.69, 9.17) is 18.9 Å². The van der Waals surface area contributed by atoms with Crippen LogP contribution < -0.4 is 28.7 Å². The zero-order valence-electron chi connectivity index (χ0n) is 28.4. The second kappa shape index (κ2) is 13.1.